The van der Waals surface area contributed by atoms with Crippen molar-refractivity contribution >= 4 is 5.91 Å². The van der Waals surface area contributed by atoms with Crippen LogP contribution in [0.3, 0.4) is 0 Å². The average molecular weight is 263 g/mol. The molecule has 0 aliphatic carbocycles. The van der Waals surface area contributed by atoms with Gasteiger partial charge in [0, 0.05) is 45.3 Å². The molecule has 2 aliphatic heterocycles. The van der Waals surface area contributed by atoms with E-state index in [0.717, 1.165) is 56.9 Å². The molecular weight excluding hydrogens is 242 g/mol. The van der Waals surface area contributed by atoms with Crippen LogP contribution in [0.2, 0.25) is 0 Å². The van der Waals surface area contributed by atoms with Crippen molar-refractivity contribution in [1.82, 2.24) is 24.9 Å². The molecule has 1 aromatic rings. The maximum atomic E-state index is 12.6. The van der Waals surface area contributed by atoms with Crippen LogP contribution in [0, 0.1) is 0 Å². The van der Waals surface area contributed by atoms with E-state index in [1.807, 2.05) is 16.6 Å². The first kappa shape index (κ1) is 12.6. The molecule has 0 spiro atoms. The smallest absolute Gasteiger partial charge is 0.274 e. The van der Waals surface area contributed by atoms with E-state index < -0.39 is 0 Å². The molecule has 3 rings (SSSR count). The maximum absolute atomic E-state index is 12.6. The highest BCUT2D eigenvalue weighted by molar-refractivity contribution is 5.94. The summed E-state index contributed by atoms with van der Waals surface area (Å²) in [6.45, 7) is 5.25. The lowest BCUT2D eigenvalue weighted by atomic mass is 10.0. The van der Waals surface area contributed by atoms with E-state index in [9.17, 15) is 4.79 Å². The third-order valence-corrected chi connectivity index (χ3v) is 4.11. The van der Waals surface area contributed by atoms with Crippen LogP contribution < -0.4 is 5.32 Å². The van der Waals surface area contributed by atoms with Crippen LogP contribution in [0.15, 0.2) is 0 Å². The Labute approximate surface area is 113 Å². The van der Waals surface area contributed by atoms with Gasteiger partial charge in [0.15, 0.2) is 5.69 Å². The Morgan fingerprint density at radius 2 is 1.95 bits per heavy atom. The standard InChI is InChI=1S/C13H21N5O/c1-16-5-7-18(8-6-16)13(19)12-10-3-4-14-9-11(10)17(2)15-12/h14H,3-9H2,1-2H3. The fourth-order valence-corrected chi connectivity index (χ4v) is 2.84. The third-order valence-electron chi connectivity index (χ3n) is 4.11. The number of rotatable bonds is 1. The van der Waals surface area contributed by atoms with Crippen LogP contribution in [0.1, 0.15) is 21.7 Å². The number of likely N-dealkylation sites (N-methyl/N-ethyl adjacent to an activating group) is 1. The molecule has 1 saturated heterocycles. The van der Waals surface area contributed by atoms with E-state index >= 15 is 0 Å². The van der Waals surface area contributed by atoms with Crippen LogP contribution in [-0.2, 0) is 20.0 Å². The monoisotopic (exact) mass is 263 g/mol. The lowest BCUT2D eigenvalue weighted by Crippen LogP contribution is -2.47. The quantitative estimate of drug-likeness (QED) is 0.739. The largest absolute Gasteiger partial charge is 0.335 e. The molecule has 1 N–H and O–H groups in total. The number of amides is 1. The minimum Gasteiger partial charge on any atom is -0.335 e. The number of hydrogen-bond donors (Lipinski definition) is 1. The van der Waals surface area contributed by atoms with Crippen molar-refractivity contribution in [3.63, 3.8) is 0 Å². The Morgan fingerprint density at radius 1 is 1.21 bits per heavy atom. The summed E-state index contributed by atoms with van der Waals surface area (Å²) in [4.78, 5) is 16.8. The first-order valence-corrected chi connectivity index (χ1v) is 6.90. The summed E-state index contributed by atoms with van der Waals surface area (Å²) >= 11 is 0. The maximum Gasteiger partial charge on any atom is 0.274 e. The molecule has 2 aliphatic rings. The zero-order valence-electron chi connectivity index (χ0n) is 11.6. The number of fused-ring (bicyclic) bond motifs is 1. The lowest BCUT2D eigenvalue weighted by Gasteiger charge is -2.32. The first-order chi connectivity index (χ1) is 9.16. The van der Waals surface area contributed by atoms with Crippen LogP contribution in [0.25, 0.3) is 0 Å². The summed E-state index contributed by atoms with van der Waals surface area (Å²) in [5.41, 5.74) is 2.97. The Balaban J connectivity index is 1.84. The van der Waals surface area contributed by atoms with Gasteiger partial charge in [0.1, 0.15) is 0 Å². The fourth-order valence-electron chi connectivity index (χ4n) is 2.84. The summed E-state index contributed by atoms with van der Waals surface area (Å²) in [6.07, 6.45) is 0.901. The number of aryl methyl sites for hydroxylation is 1. The molecule has 0 atom stereocenters. The Kier molecular flexibility index (Phi) is 3.28. The molecule has 1 aromatic heterocycles. The van der Waals surface area contributed by atoms with Gasteiger partial charge in [-0.1, -0.05) is 0 Å². The molecule has 104 valence electrons. The zero-order valence-corrected chi connectivity index (χ0v) is 11.6. The van der Waals surface area contributed by atoms with Gasteiger partial charge in [0.05, 0.1) is 5.69 Å². The number of nitrogens with zero attached hydrogens (tertiary/aromatic N) is 4. The number of piperazine rings is 1. The number of carbonyl (C=O) groups is 1. The Morgan fingerprint density at radius 3 is 2.68 bits per heavy atom. The van der Waals surface area contributed by atoms with Crippen LogP contribution >= 0.6 is 0 Å². The normalized spacial score (nSPS) is 20.4. The van der Waals surface area contributed by atoms with Gasteiger partial charge in [-0.15, -0.1) is 0 Å². The van der Waals surface area contributed by atoms with E-state index in [-0.39, 0.29) is 5.91 Å². The molecule has 0 radical (unpaired) electrons. The minimum atomic E-state index is 0.104. The van der Waals surface area contributed by atoms with Gasteiger partial charge in [-0.05, 0) is 20.0 Å². The van der Waals surface area contributed by atoms with Crippen molar-refractivity contribution in [2.45, 2.75) is 13.0 Å². The highest BCUT2D eigenvalue weighted by atomic mass is 16.2. The summed E-state index contributed by atoms with van der Waals surface area (Å²) in [5.74, 6) is 0.104. The highest BCUT2D eigenvalue weighted by Crippen LogP contribution is 2.19. The van der Waals surface area contributed by atoms with Crippen LogP contribution in [-0.4, -0.2) is 65.3 Å². The number of hydrogen-bond acceptors (Lipinski definition) is 4. The van der Waals surface area contributed by atoms with Crippen molar-refractivity contribution in [3.8, 4) is 0 Å². The highest BCUT2D eigenvalue weighted by Gasteiger charge is 2.28. The molecule has 1 amide bonds. The van der Waals surface area contributed by atoms with Gasteiger partial charge in [-0.2, -0.15) is 5.10 Å². The molecule has 0 saturated carbocycles. The van der Waals surface area contributed by atoms with Gasteiger partial charge >= 0.3 is 0 Å². The topological polar surface area (TPSA) is 53.4 Å². The van der Waals surface area contributed by atoms with E-state index in [4.69, 9.17) is 0 Å². The van der Waals surface area contributed by atoms with Gasteiger partial charge in [0.25, 0.3) is 5.91 Å². The van der Waals surface area contributed by atoms with E-state index in [2.05, 4.69) is 22.4 Å². The van der Waals surface area contributed by atoms with Crippen molar-refractivity contribution in [2.75, 3.05) is 39.8 Å². The summed E-state index contributed by atoms with van der Waals surface area (Å²) in [7, 11) is 4.02. The third kappa shape index (κ3) is 2.26. The van der Waals surface area contributed by atoms with E-state index in [1.165, 1.54) is 0 Å². The SMILES string of the molecule is CN1CCN(C(=O)c2nn(C)c3c2CCNC3)CC1. The second-order valence-corrected chi connectivity index (χ2v) is 5.42. The molecule has 3 heterocycles. The second-order valence-electron chi connectivity index (χ2n) is 5.42. The van der Waals surface area contributed by atoms with Crippen molar-refractivity contribution in [3.05, 3.63) is 17.0 Å². The zero-order chi connectivity index (χ0) is 13.4. The van der Waals surface area contributed by atoms with Crippen LogP contribution in [0.5, 0.6) is 0 Å². The Bertz CT molecular complexity index is 487. The first-order valence-electron chi connectivity index (χ1n) is 6.90. The average Bonchev–Trinajstić information content (AvgIpc) is 2.77. The molecule has 0 unspecified atom stereocenters. The molecule has 1 fully saturated rings. The lowest BCUT2D eigenvalue weighted by molar-refractivity contribution is 0.0656. The van der Waals surface area contributed by atoms with Crippen molar-refractivity contribution in [2.24, 2.45) is 7.05 Å². The van der Waals surface area contributed by atoms with Gasteiger partial charge in [-0.25, -0.2) is 0 Å². The van der Waals surface area contributed by atoms with Gasteiger partial charge in [-0.3, -0.25) is 9.48 Å². The molecule has 6 nitrogen and oxygen atoms in total. The number of aromatic nitrogens is 2. The fraction of sp³-hybridized carbons (Fsp3) is 0.692. The van der Waals surface area contributed by atoms with Gasteiger partial charge < -0.3 is 15.1 Å². The second kappa shape index (κ2) is 4.94. The molecule has 0 aromatic carbocycles. The molecule has 6 heteroatoms. The minimum absolute atomic E-state index is 0.104. The molecule has 19 heavy (non-hydrogen) atoms. The Hall–Kier alpha value is -1.40. The number of nitrogens with one attached hydrogen (secondary N) is 1. The summed E-state index contributed by atoms with van der Waals surface area (Å²) < 4.78 is 1.85. The summed E-state index contributed by atoms with van der Waals surface area (Å²) in [6, 6.07) is 0. The van der Waals surface area contributed by atoms with Gasteiger partial charge in [0.2, 0.25) is 0 Å². The van der Waals surface area contributed by atoms with Crippen molar-refractivity contribution < 1.29 is 4.79 Å². The summed E-state index contributed by atoms with van der Waals surface area (Å²) in [5, 5.41) is 7.79. The van der Waals surface area contributed by atoms with E-state index in [1.54, 1.807) is 0 Å². The van der Waals surface area contributed by atoms with E-state index in [0.29, 0.717) is 5.69 Å². The predicted octanol–water partition coefficient (Wildman–Crippen LogP) is -0.547. The van der Waals surface area contributed by atoms with Crippen LogP contribution in [0.4, 0.5) is 0 Å². The molecular formula is C13H21N5O. The molecule has 0 bridgehead atoms. The van der Waals surface area contributed by atoms with Crippen molar-refractivity contribution in [1.29, 1.82) is 0 Å². The predicted molar refractivity (Wildman–Crippen MR) is 72.0 cm³/mol. The number of carbonyl (C=O) groups excluding carboxylic acids is 1.